The Morgan fingerprint density at radius 2 is 1.56 bits per heavy atom. The molecule has 5 rings (SSSR count). The monoisotopic (exact) mass is 941 g/mol. The van der Waals surface area contributed by atoms with Crippen LogP contribution in [-0.2, 0) is 30.3 Å². The van der Waals surface area contributed by atoms with E-state index in [0.717, 1.165) is 38.7 Å². The molecule has 1 unspecified atom stereocenters. The Bertz CT molecular complexity index is 2260. The number of likely N-dealkylation sites (N-methyl/N-ethyl adjacent to an activating group) is 1. The predicted molar refractivity (Wildman–Crippen MR) is 255 cm³/mol. The molecule has 0 saturated carbocycles. The van der Waals surface area contributed by atoms with Crippen molar-refractivity contribution < 1.29 is 38.2 Å². The van der Waals surface area contributed by atoms with Crippen molar-refractivity contribution in [3.8, 4) is 28.7 Å². The molecular weight excluding hydrogens is 873 g/mol. The standard InChI is InChI=1S/C48H68N12O8/c1-6-7-8-23-66-34-14-21-60(22-15-34)48-55-29(2)41(30(3)56-48)45(63)57-37(13-16-49)47(65)59(5)42-33-10-12-40(68-25-19-52)36(28-33)35-26-32(9-11-39(35)67-24-18-51)27-38(44(62)53-20-17-50)58-43(61)31(4)54-46(42)64/h9-12,26,28,31,34,37-38,42H,6-8,13-16,18-25,27,49,51-52H2,1-5H3,(H,53,62)(H,54,64)(H,57,63)(H,58,61)/t31-,37?,38-,42-/m0/s1. The molecule has 1 aromatic heterocycles. The lowest BCUT2D eigenvalue weighted by Gasteiger charge is -2.33. The zero-order chi connectivity index (χ0) is 49.3. The first-order valence-electron chi connectivity index (χ1n) is 23.4. The molecular formula is C48H68N12O8. The van der Waals surface area contributed by atoms with Crippen molar-refractivity contribution in [3.63, 3.8) is 0 Å². The van der Waals surface area contributed by atoms with Crippen LogP contribution < -0.4 is 52.8 Å². The molecule has 5 amide bonds. The highest BCUT2D eigenvalue weighted by atomic mass is 16.5. The number of carbonyl (C=O) groups is 5. The van der Waals surface area contributed by atoms with Crippen LogP contribution in [0.5, 0.6) is 11.5 Å². The van der Waals surface area contributed by atoms with Crippen molar-refractivity contribution >= 4 is 35.5 Å². The quantitative estimate of drug-likeness (QED) is 0.0623. The number of piperidine rings is 1. The summed E-state index contributed by atoms with van der Waals surface area (Å²) in [4.78, 5) is 83.4. The Labute approximate surface area is 398 Å². The number of nitrogens with zero attached hydrogens (tertiary/aromatic N) is 5. The van der Waals surface area contributed by atoms with E-state index in [1.54, 1.807) is 50.2 Å². The zero-order valence-electron chi connectivity index (χ0n) is 39.9. The molecule has 2 aromatic carbocycles. The van der Waals surface area contributed by atoms with Crippen LogP contribution in [0.3, 0.4) is 0 Å². The van der Waals surface area contributed by atoms with Gasteiger partial charge in [-0.2, -0.15) is 5.26 Å². The average molecular weight is 941 g/mol. The number of hydrogen-bond acceptors (Lipinski definition) is 15. The summed E-state index contributed by atoms with van der Waals surface area (Å²) >= 11 is 0. The molecule has 0 aliphatic carbocycles. The SMILES string of the molecule is CCCCCOC1CCN(c2nc(C)c(C(=O)NC(CCN)C(=O)N(C)[C@@H]3C(=O)N[C@@H](C)C(=O)N[C@H](C(=O)NCC#N)Cc4ccc(OCCN)c(c4)-c4cc3ccc4OCCN)c(C)n2)CC1. The summed E-state index contributed by atoms with van der Waals surface area (Å²) in [5.41, 5.74) is 20.7. The second kappa shape index (κ2) is 25.7. The molecule has 20 nitrogen and oxygen atoms in total. The Morgan fingerprint density at radius 3 is 2.18 bits per heavy atom. The van der Waals surface area contributed by atoms with Gasteiger partial charge in [0.2, 0.25) is 29.6 Å². The highest BCUT2D eigenvalue weighted by molar-refractivity contribution is 6.00. The first kappa shape index (κ1) is 52.6. The second-order valence-electron chi connectivity index (χ2n) is 17.0. The lowest BCUT2D eigenvalue weighted by Crippen LogP contribution is -2.56. The zero-order valence-corrected chi connectivity index (χ0v) is 39.9. The van der Waals surface area contributed by atoms with Gasteiger partial charge in [0.15, 0.2) is 0 Å². The number of nitrogens with two attached hydrogens (primary N) is 3. The van der Waals surface area contributed by atoms with Gasteiger partial charge in [-0.1, -0.05) is 31.9 Å². The van der Waals surface area contributed by atoms with Crippen molar-refractivity contribution in [3.05, 3.63) is 64.5 Å². The summed E-state index contributed by atoms with van der Waals surface area (Å²) in [6.45, 7) is 9.61. The molecule has 1 fully saturated rings. The third kappa shape index (κ3) is 13.6. The lowest BCUT2D eigenvalue weighted by atomic mass is 9.93. The van der Waals surface area contributed by atoms with E-state index in [9.17, 15) is 29.2 Å². The van der Waals surface area contributed by atoms with E-state index < -0.39 is 53.7 Å². The molecule has 0 radical (unpaired) electrons. The van der Waals surface area contributed by atoms with Crippen molar-refractivity contribution in [2.24, 2.45) is 17.2 Å². The third-order valence-electron chi connectivity index (χ3n) is 11.9. The first-order chi connectivity index (χ1) is 32.7. The molecule has 2 aliphatic rings. The fraction of sp³-hybridized carbons (Fsp3) is 0.542. The summed E-state index contributed by atoms with van der Waals surface area (Å²) in [5.74, 6) is -2.01. The largest absolute Gasteiger partial charge is 0.492 e. The molecule has 0 spiro atoms. The van der Waals surface area contributed by atoms with E-state index in [-0.39, 0.29) is 63.9 Å². The molecule has 3 heterocycles. The number of rotatable bonds is 20. The maximum atomic E-state index is 14.8. The Morgan fingerprint density at radius 1 is 0.912 bits per heavy atom. The van der Waals surface area contributed by atoms with Gasteiger partial charge in [-0.15, -0.1) is 0 Å². The Kier molecular flexibility index (Phi) is 19.8. The highest BCUT2D eigenvalue weighted by Crippen LogP contribution is 2.40. The van der Waals surface area contributed by atoms with Crippen molar-refractivity contribution in [1.82, 2.24) is 36.1 Å². The van der Waals surface area contributed by atoms with Crippen molar-refractivity contribution in [1.29, 1.82) is 5.26 Å². The molecule has 368 valence electrons. The number of nitrogens with one attached hydrogen (secondary N) is 4. The number of anilines is 1. The summed E-state index contributed by atoms with van der Waals surface area (Å²) < 4.78 is 18.3. The van der Waals surface area contributed by atoms with E-state index >= 15 is 0 Å². The van der Waals surface area contributed by atoms with Crippen LogP contribution in [0, 0.1) is 25.2 Å². The summed E-state index contributed by atoms with van der Waals surface area (Å²) in [6.07, 6.45) is 5.20. The van der Waals surface area contributed by atoms with E-state index in [1.165, 1.54) is 18.9 Å². The van der Waals surface area contributed by atoms with Gasteiger partial charge >= 0.3 is 0 Å². The molecule has 10 N–H and O–H groups in total. The first-order valence-corrected chi connectivity index (χ1v) is 23.4. The average Bonchev–Trinajstić information content (AvgIpc) is 3.32. The second-order valence-corrected chi connectivity index (χ2v) is 17.0. The number of carbonyl (C=O) groups excluding carboxylic acids is 5. The number of nitriles is 1. The molecule has 4 bridgehead atoms. The fourth-order valence-corrected chi connectivity index (χ4v) is 8.35. The van der Waals surface area contributed by atoms with Gasteiger partial charge in [0.05, 0.1) is 29.1 Å². The van der Waals surface area contributed by atoms with Gasteiger partial charge in [0, 0.05) is 57.4 Å². The summed E-state index contributed by atoms with van der Waals surface area (Å²) in [6, 6.07) is 7.08. The number of benzene rings is 2. The number of ether oxygens (including phenoxy) is 3. The third-order valence-corrected chi connectivity index (χ3v) is 11.9. The van der Waals surface area contributed by atoms with Gasteiger partial charge in [-0.25, -0.2) is 9.97 Å². The fourth-order valence-electron chi connectivity index (χ4n) is 8.35. The van der Waals surface area contributed by atoms with Gasteiger partial charge in [0.1, 0.15) is 55.4 Å². The van der Waals surface area contributed by atoms with E-state index in [2.05, 4.69) is 33.1 Å². The molecule has 2 aliphatic heterocycles. The van der Waals surface area contributed by atoms with E-state index in [1.807, 2.05) is 6.07 Å². The topological polar surface area (TPSA) is 295 Å². The summed E-state index contributed by atoms with van der Waals surface area (Å²) in [5, 5.41) is 20.0. The Balaban J connectivity index is 1.50. The van der Waals surface area contributed by atoms with Crippen LogP contribution in [0.15, 0.2) is 36.4 Å². The van der Waals surface area contributed by atoms with E-state index in [0.29, 0.717) is 64.2 Å². The molecule has 4 atom stereocenters. The Hall–Kier alpha value is -6.40. The smallest absolute Gasteiger partial charge is 0.255 e. The number of fused-ring (bicyclic) bond motifs is 5. The molecule has 1 saturated heterocycles. The number of aryl methyl sites for hydroxylation is 2. The van der Waals surface area contributed by atoms with Gasteiger partial charge in [0.25, 0.3) is 5.91 Å². The van der Waals surface area contributed by atoms with Crippen LogP contribution in [0.1, 0.15) is 91.3 Å². The minimum Gasteiger partial charge on any atom is -0.492 e. The van der Waals surface area contributed by atoms with E-state index in [4.69, 9.17) is 41.4 Å². The highest BCUT2D eigenvalue weighted by Gasteiger charge is 2.37. The maximum absolute atomic E-state index is 14.8. The number of amides is 5. The van der Waals surface area contributed by atoms with Crippen LogP contribution >= 0.6 is 0 Å². The van der Waals surface area contributed by atoms with Gasteiger partial charge in [-0.05, 0) is 88.4 Å². The maximum Gasteiger partial charge on any atom is 0.255 e. The van der Waals surface area contributed by atoms with Crippen LogP contribution in [0.4, 0.5) is 5.95 Å². The molecule has 20 heteroatoms. The number of unbranched alkanes of at least 4 members (excludes halogenated alkanes) is 2. The minimum atomic E-state index is -1.40. The van der Waals surface area contributed by atoms with Crippen LogP contribution in [-0.4, -0.2) is 135 Å². The lowest BCUT2D eigenvalue weighted by molar-refractivity contribution is -0.141. The van der Waals surface area contributed by atoms with Crippen molar-refractivity contribution in [2.45, 2.75) is 103 Å². The minimum absolute atomic E-state index is 0.00389. The normalized spacial score (nSPS) is 18.0. The van der Waals surface area contributed by atoms with Crippen LogP contribution in [0.2, 0.25) is 0 Å². The number of hydrogen-bond donors (Lipinski definition) is 7. The predicted octanol–water partition coefficient (Wildman–Crippen LogP) is 1.44. The van der Waals surface area contributed by atoms with Gasteiger partial charge < -0.3 is 62.5 Å². The van der Waals surface area contributed by atoms with Gasteiger partial charge in [-0.3, -0.25) is 24.0 Å². The number of aromatic nitrogens is 2. The molecule has 68 heavy (non-hydrogen) atoms. The van der Waals surface area contributed by atoms with Crippen molar-refractivity contribution in [2.75, 3.05) is 71.0 Å². The molecule has 3 aromatic rings. The van der Waals surface area contributed by atoms with Crippen LogP contribution in [0.25, 0.3) is 11.1 Å². The summed E-state index contributed by atoms with van der Waals surface area (Å²) in [7, 11) is 1.43.